The van der Waals surface area contributed by atoms with Gasteiger partial charge in [0.2, 0.25) is 8.32 Å². The smallest absolute Gasteiger partial charge is 0.340 e. The molecule has 1 aromatic carbocycles. The molecule has 1 rings (SSSR count). The monoisotopic (exact) mass is 293 g/mol. The van der Waals surface area contributed by atoms with Crippen LogP contribution in [0.5, 0.6) is 5.75 Å². The first kappa shape index (κ1) is 16.0. The average molecular weight is 293 g/mol. The Morgan fingerprint density at radius 3 is 2.55 bits per heavy atom. The van der Waals surface area contributed by atoms with Crippen LogP contribution >= 0.6 is 0 Å². The molecule has 0 aliphatic rings. The number of carboxylic acids is 1. The predicted molar refractivity (Wildman–Crippen MR) is 81.1 cm³/mol. The van der Waals surface area contributed by atoms with Crippen molar-refractivity contribution >= 4 is 20.5 Å². The van der Waals surface area contributed by atoms with E-state index in [-0.39, 0.29) is 17.2 Å². The number of benzene rings is 1. The van der Waals surface area contributed by atoms with Crippen LogP contribution in [-0.4, -0.2) is 32.7 Å². The van der Waals surface area contributed by atoms with Crippen LogP contribution in [0.3, 0.4) is 0 Å². The van der Waals surface area contributed by atoms with E-state index in [9.17, 15) is 9.90 Å². The van der Waals surface area contributed by atoms with Crippen molar-refractivity contribution in [3.8, 4) is 5.75 Å². The summed E-state index contributed by atoms with van der Waals surface area (Å²) in [6.45, 7) is 9.76. The molecule has 0 atom stereocenters. The van der Waals surface area contributed by atoms with E-state index < -0.39 is 14.3 Å². The third-order valence-corrected chi connectivity index (χ3v) is 3.11. The Morgan fingerprint density at radius 2 is 2.05 bits per heavy atom. The van der Waals surface area contributed by atoms with Gasteiger partial charge in [-0.2, -0.15) is 0 Å². The Hall–Kier alpha value is -2.08. The van der Waals surface area contributed by atoms with Gasteiger partial charge in [-0.15, -0.1) is 0 Å². The minimum Gasteiger partial charge on any atom is -0.532 e. The quantitative estimate of drug-likeness (QED) is 0.497. The van der Waals surface area contributed by atoms with E-state index in [1.807, 2.05) is 19.6 Å². The van der Waals surface area contributed by atoms with Crippen molar-refractivity contribution in [3.05, 3.63) is 41.8 Å². The average Bonchev–Trinajstić information content (AvgIpc) is 2.33. The molecule has 0 aliphatic carbocycles. The van der Waals surface area contributed by atoms with Gasteiger partial charge < -0.3 is 14.3 Å². The number of carboxylic acid groups (broad SMARTS) is 1. The molecule has 0 spiro atoms. The predicted octanol–water partition coefficient (Wildman–Crippen LogP) is 3.14. The van der Waals surface area contributed by atoms with Gasteiger partial charge >= 0.3 is 5.97 Å². The summed E-state index contributed by atoms with van der Waals surface area (Å²) >= 11 is 0. The Kier molecular flexibility index (Phi) is 5.10. The van der Waals surface area contributed by atoms with Crippen LogP contribution in [-0.2, 0) is 4.43 Å². The van der Waals surface area contributed by atoms with Gasteiger partial charge in [0.05, 0.1) is 7.11 Å². The highest BCUT2D eigenvalue weighted by atomic mass is 28.4. The number of aliphatic imine (C=N–C) groups is 1. The summed E-state index contributed by atoms with van der Waals surface area (Å²) in [5, 5.41) is 9.24. The summed E-state index contributed by atoms with van der Waals surface area (Å²) in [7, 11) is -0.339. The molecule has 1 aromatic rings. The standard InChI is InChI=1S/C14H19NO4Si/c1-10(19-20(3,4)5)15-9-11-7-6-8-12(18-2)13(11)14(16)17/h6-9H,1H2,2-5H3,(H,16,17). The van der Waals surface area contributed by atoms with E-state index in [1.54, 1.807) is 18.2 Å². The van der Waals surface area contributed by atoms with Crippen molar-refractivity contribution in [1.29, 1.82) is 0 Å². The number of hydrogen-bond donors (Lipinski definition) is 1. The Bertz CT molecular complexity index is 547. The minimum atomic E-state index is -1.77. The molecular weight excluding hydrogens is 274 g/mol. The van der Waals surface area contributed by atoms with Gasteiger partial charge in [-0.1, -0.05) is 12.1 Å². The molecule has 0 aromatic heterocycles. The summed E-state index contributed by atoms with van der Waals surface area (Å²) in [4.78, 5) is 15.4. The van der Waals surface area contributed by atoms with Crippen molar-refractivity contribution in [2.24, 2.45) is 4.99 Å². The number of methoxy groups -OCH3 is 1. The molecule has 0 saturated carbocycles. The maximum Gasteiger partial charge on any atom is 0.340 e. The van der Waals surface area contributed by atoms with Crippen molar-refractivity contribution in [2.45, 2.75) is 19.6 Å². The molecule has 5 nitrogen and oxygen atoms in total. The summed E-state index contributed by atoms with van der Waals surface area (Å²) in [6, 6.07) is 4.94. The van der Waals surface area contributed by atoms with Crippen molar-refractivity contribution in [2.75, 3.05) is 7.11 Å². The second kappa shape index (κ2) is 6.38. The number of rotatable bonds is 6. The zero-order valence-corrected chi connectivity index (χ0v) is 13.1. The molecule has 1 N–H and O–H groups in total. The van der Waals surface area contributed by atoms with Crippen molar-refractivity contribution in [1.82, 2.24) is 0 Å². The maximum atomic E-state index is 11.3. The first-order chi connectivity index (χ1) is 9.24. The number of ether oxygens (including phenoxy) is 1. The van der Waals surface area contributed by atoms with E-state index in [2.05, 4.69) is 11.6 Å². The van der Waals surface area contributed by atoms with E-state index >= 15 is 0 Å². The van der Waals surface area contributed by atoms with Crippen molar-refractivity contribution in [3.63, 3.8) is 0 Å². The fourth-order valence-electron chi connectivity index (χ4n) is 1.58. The lowest BCUT2D eigenvalue weighted by Gasteiger charge is -2.18. The molecule has 0 heterocycles. The lowest BCUT2D eigenvalue weighted by Crippen LogP contribution is -2.24. The van der Waals surface area contributed by atoms with E-state index in [4.69, 9.17) is 9.16 Å². The van der Waals surface area contributed by atoms with Crippen LogP contribution in [0.15, 0.2) is 35.7 Å². The van der Waals surface area contributed by atoms with Gasteiger partial charge in [0.15, 0.2) is 5.88 Å². The lowest BCUT2D eigenvalue weighted by atomic mass is 10.1. The topological polar surface area (TPSA) is 68.1 Å². The van der Waals surface area contributed by atoms with E-state index in [0.717, 1.165) is 0 Å². The lowest BCUT2D eigenvalue weighted by molar-refractivity contribution is 0.0693. The highest BCUT2D eigenvalue weighted by Crippen LogP contribution is 2.21. The number of aromatic carboxylic acids is 1. The number of carbonyl (C=O) groups is 1. The van der Waals surface area contributed by atoms with Crippen LogP contribution in [0.1, 0.15) is 15.9 Å². The summed E-state index contributed by atoms with van der Waals surface area (Å²) in [5.74, 6) is -0.498. The van der Waals surface area contributed by atoms with Crippen LogP contribution in [0.2, 0.25) is 19.6 Å². The van der Waals surface area contributed by atoms with Crippen LogP contribution < -0.4 is 4.74 Å². The number of hydrogen-bond acceptors (Lipinski definition) is 4. The molecule has 0 amide bonds. The zero-order chi connectivity index (χ0) is 15.3. The minimum absolute atomic E-state index is 0.0690. The molecule has 0 aliphatic heterocycles. The van der Waals surface area contributed by atoms with Gasteiger partial charge in [-0.05, 0) is 32.3 Å². The second-order valence-electron chi connectivity index (χ2n) is 5.10. The zero-order valence-electron chi connectivity index (χ0n) is 12.1. The Balaban J connectivity index is 3.04. The molecule has 6 heteroatoms. The summed E-state index contributed by atoms with van der Waals surface area (Å²) in [6.07, 6.45) is 1.43. The summed E-state index contributed by atoms with van der Waals surface area (Å²) < 4.78 is 10.6. The van der Waals surface area contributed by atoms with Crippen molar-refractivity contribution < 1.29 is 19.1 Å². The van der Waals surface area contributed by atoms with Crippen LogP contribution in [0.4, 0.5) is 0 Å². The fourth-order valence-corrected chi connectivity index (χ4v) is 2.34. The number of nitrogens with zero attached hydrogens (tertiary/aromatic N) is 1. The molecule has 0 bridgehead atoms. The van der Waals surface area contributed by atoms with Gasteiger partial charge in [-0.3, -0.25) is 0 Å². The van der Waals surface area contributed by atoms with Gasteiger partial charge in [0, 0.05) is 11.8 Å². The van der Waals surface area contributed by atoms with E-state index in [1.165, 1.54) is 13.3 Å². The molecule has 108 valence electrons. The Labute approximate surface area is 119 Å². The third kappa shape index (κ3) is 4.54. The molecule has 0 saturated heterocycles. The fraction of sp³-hybridized carbons (Fsp3) is 0.286. The molecular formula is C14H19NO4Si. The second-order valence-corrected chi connectivity index (χ2v) is 9.52. The van der Waals surface area contributed by atoms with Gasteiger partial charge in [0.1, 0.15) is 11.3 Å². The van der Waals surface area contributed by atoms with Crippen LogP contribution in [0.25, 0.3) is 0 Å². The van der Waals surface area contributed by atoms with Gasteiger partial charge in [-0.25, -0.2) is 9.79 Å². The molecule has 0 fully saturated rings. The SMILES string of the molecule is C=C(N=Cc1cccc(OC)c1C(=O)O)O[Si](C)(C)C. The summed E-state index contributed by atoms with van der Waals surface area (Å²) in [5.41, 5.74) is 0.511. The highest BCUT2D eigenvalue weighted by Gasteiger charge is 2.17. The molecule has 0 unspecified atom stereocenters. The third-order valence-electron chi connectivity index (χ3n) is 2.26. The van der Waals surface area contributed by atoms with Gasteiger partial charge in [0.25, 0.3) is 0 Å². The molecule has 0 radical (unpaired) electrons. The largest absolute Gasteiger partial charge is 0.532 e. The maximum absolute atomic E-state index is 11.3. The highest BCUT2D eigenvalue weighted by molar-refractivity contribution is 6.70. The first-order valence-electron chi connectivity index (χ1n) is 6.07. The van der Waals surface area contributed by atoms with E-state index in [0.29, 0.717) is 5.56 Å². The normalized spacial score (nSPS) is 11.4. The molecule has 20 heavy (non-hydrogen) atoms. The Morgan fingerprint density at radius 1 is 1.40 bits per heavy atom. The van der Waals surface area contributed by atoms with Crippen LogP contribution in [0, 0.1) is 0 Å². The first-order valence-corrected chi connectivity index (χ1v) is 9.47.